The topological polar surface area (TPSA) is 40.5 Å². The molecule has 1 aliphatic rings. The van der Waals surface area contributed by atoms with Gasteiger partial charge in [0.2, 0.25) is 0 Å². The summed E-state index contributed by atoms with van der Waals surface area (Å²) in [5.41, 5.74) is 0. The first-order valence-corrected chi connectivity index (χ1v) is 3.99. The van der Waals surface area contributed by atoms with Crippen molar-refractivity contribution in [3.8, 4) is 0 Å². The molecule has 0 spiro atoms. The Bertz CT molecular complexity index is 140. The zero-order valence-electron chi connectivity index (χ0n) is 5.66. The molecule has 1 atom stereocenters. The van der Waals surface area contributed by atoms with Crippen LogP contribution in [0.5, 0.6) is 0 Å². The molecular weight excluding hydrogens is 150 g/mol. The van der Waals surface area contributed by atoms with Crippen molar-refractivity contribution in [1.29, 1.82) is 0 Å². The predicted octanol–water partition coefficient (Wildman–Crippen LogP) is 1.06. The highest BCUT2D eigenvalue weighted by molar-refractivity contribution is 7.80. The summed E-state index contributed by atoms with van der Waals surface area (Å²) in [4.78, 5) is 11.9. The molecule has 0 unspecified atom stereocenters. The summed E-state index contributed by atoms with van der Waals surface area (Å²) < 4.78 is 0. The lowest BCUT2D eigenvalue weighted by Gasteiger charge is -2.18. The molecule has 1 N–H and O–H groups in total. The highest BCUT2D eigenvalue weighted by Gasteiger charge is 2.26. The van der Waals surface area contributed by atoms with Crippen molar-refractivity contribution in [2.45, 2.75) is 18.9 Å². The van der Waals surface area contributed by atoms with Crippen LogP contribution in [-0.4, -0.2) is 34.4 Å². The number of amides is 1. The Morgan fingerprint density at radius 1 is 1.80 bits per heavy atom. The molecule has 10 heavy (non-hydrogen) atoms. The lowest BCUT2D eigenvalue weighted by Crippen LogP contribution is -2.35. The molecule has 0 bridgehead atoms. The van der Waals surface area contributed by atoms with Gasteiger partial charge in [-0.25, -0.2) is 4.79 Å². The van der Waals surface area contributed by atoms with Crippen molar-refractivity contribution in [2.24, 2.45) is 0 Å². The second-order valence-corrected chi connectivity index (χ2v) is 2.82. The van der Waals surface area contributed by atoms with E-state index in [1.165, 1.54) is 4.90 Å². The Hall–Kier alpha value is -0.380. The molecule has 1 aliphatic heterocycles. The fourth-order valence-electron chi connectivity index (χ4n) is 1.28. The third kappa shape index (κ3) is 1.37. The molecule has 0 aromatic carbocycles. The van der Waals surface area contributed by atoms with Crippen molar-refractivity contribution in [1.82, 2.24) is 4.90 Å². The highest BCUT2D eigenvalue weighted by atomic mass is 32.1. The van der Waals surface area contributed by atoms with Crippen LogP contribution in [0.25, 0.3) is 0 Å². The Balaban J connectivity index is 2.50. The number of hydrogen-bond donors (Lipinski definition) is 2. The fraction of sp³-hybridized carbons (Fsp3) is 0.833. The van der Waals surface area contributed by atoms with Crippen LogP contribution in [0.4, 0.5) is 4.79 Å². The van der Waals surface area contributed by atoms with Crippen LogP contribution in [0.15, 0.2) is 0 Å². The smallest absolute Gasteiger partial charge is 0.407 e. The molecular formula is C6H11NO2S. The molecule has 4 heteroatoms. The lowest BCUT2D eigenvalue weighted by molar-refractivity contribution is 0.144. The van der Waals surface area contributed by atoms with E-state index in [9.17, 15) is 4.79 Å². The number of carbonyl (C=O) groups is 1. The average Bonchev–Trinajstić information content (AvgIpc) is 2.33. The van der Waals surface area contributed by atoms with Crippen molar-refractivity contribution >= 4 is 18.7 Å². The molecule has 0 radical (unpaired) electrons. The average molecular weight is 161 g/mol. The first-order valence-electron chi connectivity index (χ1n) is 3.36. The second-order valence-electron chi connectivity index (χ2n) is 2.45. The van der Waals surface area contributed by atoms with Gasteiger partial charge in [0, 0.05) is 18.3 Å². The summed E-state index contributed by atoms with van der Waals surface area (Å²) in [6, 6.07) is 0.154. The summed E-state index contributed by atoms with van der Waals surface area (Å²) in [6.45, 7) is 0.681. The van der Waals surface area contributed by atoms with E-state index in [0.717, 1.165) is 12.8 Å². The van der Waals surface area contributed by atoms with E-state index in [-0.39, 0.29) is 6.04 Å². The van der Waals surface area contributed by atoms with Gasteiger partial charge in [0.1, 0.15) is 0 Å². The number of carboxylic acid groups (broad SMARTS) is 1. The third-order valence-electron chi connectivity index (χ3n) is 1.83. The zero-order valence-corrected chi connectivity index (χ0v) is 6.55. The lowest BCUT2D eigenvalue weighted by atomic mass is 10.2. The number of hydrogen-bond acceptors (Lipinski definition) is 2. The largest absolute Gasteiger partial charge is 0.465 e. The molecule has 1 heterocycles. The molecule has 1 amide bonds. The molecule has 0 saturated carbocycles. The first-order chi connectivity index (χ1) is 4.75. The van der Waals surface area contributed by atoms with Gasteiger partial charge in [0.15, 0.2) is 0 Å². The SMILES string of the molecule is O=C(O)N1CCC[C@@H]1CS. The molecule has 1 rings (SSSR count). The summed E-state index contributed by atoms with van der Waals surface area (Å²) in [6.07, 6.45) is 1.14. The van der Waals surface area contributed by atoms with Gasteiger partial charge in [0.05, 0.1) is 0 Å². The standard InChI is InChI=1S/C6H11NO2S/c8-6(9)7-3-1-2-5(7)4-10/h5,10H,1-4H2,(H,8,9)/t5-/m1/s1. The molecule has 0 aromatic rings. The van der Waals surface area contributed by atoms with E-state index in [0.29, 0.717) is 12.3 Å². The van der Waals surface area contributed by atoms with Crippen LogP contribution in [0.3, 0.4) is 0 Å². The van der Waals surface area contributed by atoms with Crippen molar-refractivity contribution in [3.05, 3.63) is 0 Å². The maximum Gasteiger partial charge on any atom is 0.407 e. The molecule has 1 saturated heterocycles. The maximum absolute atomic E-state index is 10.5. The van der Waals surface area contributed by atoms with E-state index in [2.05, 4.69) is 12.6 Å². The van der Waals surface area contributed by atoms with Crippen LogP contribution in [0.2, 0.25) is 0 Å². The van der Waals surface area contributed by atoms with Crippen molar-refractivity contribution in [3.63, 3.8) is 0 Å². The van der Waals surface area contributed by atoms with Gasteiger partial charge in [-0.05, 0) is 12.8 Å². The summed E-state index contributed by atoms with van der Waals surface area (Å²) >= 11 is 4.06. The first kappa shape index (κ1) is 7.72. The molecule has 3 nitrogen and oxygen atoms in total. The van der Waals surface area contributed by atoms with Crippen LogP contribution < -0.4 is 0 Å². The molecule has 58 valence electrons. The minimum Gasteiger partial charge on any atom is -0.465 e. The minimum absolute atomic E-state index is 0.154. The Kier molecular flexibility index (Phi) is 2.43. The summed E-state index contributed by atoms with van der Waals surface area (Å²) in [5.74, 6) is 0.645. The highest BCUT2D eigenvalue weighted by Crippen LogP contribution is 2.17. The predicted molar refractivity (Wildman–Crippen MR) is 41.6 cm³/mol. The van der Waals surface area contributed by atoms with Gasteiger partial charge < -0.3 is 10.0 Å². The Morgan fingerprint density at radius 2 is 2.50 bits per heavy atom. The monoisotopic (exact) mass is 161 g/mol. The molecule has 0 aliphatic carbocycles. The number of likely N-dealkylation sites (tertiary alicyclic amines) is 1. The van der Waals surface area contributed by atoms with Gasteiger partial charge in [-0.2, -0.15) is 12.6 Å². The second kappa shape index (κ2) is 3.14. The minimum atomic E-state index is -0.809. The molecule has 1 fully saturated rings. The summed E-state index contributed by atoms with van der Waals surface area (Å²) in [7, 11) is 0. The Morgan fingerprint density at radius 3 is 2.90 bits per heavy atom. The number of nitrogens with zero attached hydrogens (tertiary/aromatic N) is 1. The van der Waals surface area contributed by atoms with Gasteiger partial charge in [-0.15, -0.1) is 0 Å². The van der Waals surface area contributed by atoms with E-state index < -0.39 is 6.09 Å². The van der Waals surface area contributed by atoms with E-state index >= 15 is 0 Å². The van der Waals surface area contributed by atoms with Gasteiger partial charge in [-0.3, -0.25) is 0 Å². The van der Waals surface area contributed by atoms with Gasteiger partial charge in [0.25, 0.3) is 0 Å². The van der Waals surface area contributed by atoms with E-state index in [4.69, 9.17) is 5.11 Å². The summed E-state index contributed by atoms with van der Waals surface area (Å²) in [5, 5.41) is 8.61. The van der Waals surface area contributed by atoms with Crippen LogP contribution in [0, 0.1) is 0 Å². The molecule has 0 aromatic heterocycles. The van der Waals surface area contributed by atoms with Crippen LogP contribution in [-0.2, 0) is 0 Å². The maximum atomic E-state index is 10.5. The van der Waals surface area contributed by atoms with Crippen molar-refractivity contribution < 1.29 is 9.90 Å². The third-order valence-corrected chi connectivity index (χ3v) is 2.26. The number of thiol groups is 1. The van der Waals surface area contributed by atoms with E-state index in [1.807, 2.05) is 0 Å². The Labute approximate surface area is 65.4 Å². The number of rotatable bonds is 1. The van der Waals surface area contributed by atoms with Crippen LogP contribution in [0.1, 0.15) is 12.8 Å². The van der Waals surface area contributed by atoms with E-state index in [1.54, 1.807) is 0 Å². The quantitative estimate of drug-likeness (QED) is 0.564. The van der Waals surface area contributed by atoms with Crippen molar-refractivity contribution in [2.75, 3.05) is 12.3 Å². The van der Waals surface area contributed by atoms with Gasteiger partial charge in [-0.1, -0.05) is 0 Å². The zero-order chi connectivity index (χ0) is 7.56. The van der Waals surface area contributed by atoms with Crippen LogP contribution >= 0.6 is 12.6 Å². The van der Waals surface area contributed by atoms with Gasteiger partial charge >= 0.3 is 6.09 Å². The fourth-order valence-corrected chi connectivity index (χ4v) is 1.66. The normalized spacial score (nSPS) is 25.3.